The molecular weight excluding hydrogens is 244 g/mol. The summed E-state index contributed by atoms with van der Waals surface area (Å²) in [6.07, 6.45) is 16.3. The van der Waals surface area contributed by atoms with Gasteiger partial charge in [0.1, 0.15) is 0 Å². The Morgan fingerprint density at radius 1 is 0.750 bits per heavy atom. The molecule has 2 rings (SSSR count). The van der Waals surface area contributed by atoms with E-state index in [1.807, 2.05) is 0 Å². The van der Waals surface area contributed by atoms with E-state index in [0.29, 0.717) is 0 Å². The molecule has 2 aliphatic carbocycles. The highest BCUT2D eigenvalue weighted by Gasteiger charge is 2.30. The summed E-state index contributed by atoms with van der Waals surface area (Å²) in [7, 11) is 0. The maximum Gasteiger partial charge on any atom is 0.0494 e. The Morgan fingerprint density at radius 3 is 1.80 bits per heavy atom. The van der Waals surface area contributed by atoms with Gasteiger partial charge in [-0.1, -0.05) is 39.0 Å². The predicted molar refractivity (Wildman–Crippen MR) is 86.9 cm³/mol. The molecule has 0 aliphatic heterocycles. The molecule has 1 heteroatoms. The summed E-state index contributed by atoms with van der Waals surface area (Å²) in [6.45, 7) is 6.35. The summed E-state index contributed by atoms with van der Waals surface area (Å²) < 4.78 is 5.61. The van der Waals surface area contributed by atoms with E-state index in [1.54, 1.807) is 0 Å². The Kier molecular flexibility index (Phi) is 7.41. The number of rotatable bonds is 7. The van der Waals surface area contributed by atoms with Crippen molar-refractivity contribution in [3.8, 4) is 0 Å². The molecule has 2 aliphatic rings. The first-order valence-corrected chi connectivity index (χ1v) is 9.41. The Balaban J connectivity index is 1.63. The second-order valence-electron chi connectivity index (χ2n) is 7.36. The lowest BCUT2D eigenvalue weighted by molar-refractivity contribution is 0.0710. The van der Waals surface area contributed by atoms with Gasteiger partial charge in [0, 0.05) is 13.2 Å². The van der Waals surface area contributed by atoms with Crippen LogP contribution in [0.4, 0.5) is 0 Å². The zero-order chi connectivity index (χ0) is 14.2. The summed E-state index contributed by atoms with van der Waals surface area (Å²) in [6, 6.07) is 0. The maximum atomic E-state index is 5.61. The van der Waals surface area contributed by atoms with Crippen molar-refractivity contribution in [1.29, 1.82) is 0 Å². The van der Waals surface area contributed by atoms with Gasteiger partial charge in [-0.2, -0.15) is 0 Å². The van der Waals surface area contributed by atoms with E-state index < -0.39 is 0 Å². The number of unbranched alkanes of at least 4 members (excludes halogenated alkanes) is 1. The quantitative estimate of drug-likeness (QED) is 0.570. The Bertz CT molecular complexity index is 208. The standard InChI is InChI=1S/C19H36O/c1-3-5-6-16-7-11-18(12-8-16)19-13-9-17(10-14-19)15-20-4-2/h16-19H,3-15H2,1-2H3. The first kappa shape index (κ1) is 16.3. The van der Waals surface area contributed by atoms with Crippen molar-refractivity contribution in [2.45, 2.75) is 84.5 Å². The molecule has 20 heavy (non-hydrogen) atoms. The third-order valence-electron chi connectivity index (χ3n) is 5.97. The van der Waals surface area contributed by atoms with Crippen LogP contribution in [0.3, 0.4) is 0 Å². The molecule has 0 aromatic carbocycles. The molecule has 0 saturated heterocycles. The Hall–Kier alpha value is -0.0400. The molecule has 0 amide bonds. The van der Waals surface area contributed by atoms with E-state index in [-0.39, 0.29) is 0 Å². The van der Waals surface area contributed by atoms with Crippen LogP contribution in [0.1, 0.15) is 84.5 Å². The fourth-order valence-electron chi connectivity index (χ4n) is 4.55. The molecule has 1 nitrogen and oxygen atoms in total. The third-order valence-corrected chi connectivity index (χ3v) is 5.97. The average Bonchev–Trinajstić information content (AvgIpc) is 2.52. The molecule has 0 bridgehead atoms. The molecule has 0 atom stereocenters. The normalized spacial score (nSPS) is 35.1. The van der Waals surface area contributed by atoms with Crippen molar-refractivity contribution in [2.75, 3.05) is 13.2 Å². The van der Waals surface area contributed by atoms with Crippen LogP contribution in [0.2, 0.25) is 0 Å². The van der Waals surface area contributed by atoms with Crippen LogP contribution < -0.4 is 0 Å². The Morgan fingerprint density at radius 2 is 1.30 bits per heavy atom. The van der Waals surface area contributed by atoms with E-state index in [4.69, 9.17) is 4.74 Å². The molecule has 2 saturated carbocycles. The summed E-state index contributed by atoms with van der Waals surface area (Å²) >= 11 is 0. The molecule has 0 aromatic rings. The highest BCUT2D eigenvalue weighted by molar-refractivity contribution is 4.82. The summed E-state index contributed by atoms with van der Waals surface area (Å²) in [5, 5.41) is 0. The van der Waals surface area contributed by atoms with Gasteiger partial charge in [-0.15, -0.1) is 0 Å². The minimum Gasteiger partial charge on any atom is -0.381 e. The summed E-state index contributed by atoms with van der Waals surface area (Å²) in [4.78, 5) is 0. The SMILES string of the molecule is CCCCC1CCC(C2CCC(COCC)CC2)CC1. The van der Waals surface area contributed by atoms with Gasteiger partial charge >= 0.3 is 0 Å². The molecule has 0 aromatic heterocycles. The van der Waals surface area contributed by atoms with Gasteiger partial charge in [0.15, 0.2) is 0 Å². The van der Waals surface area contributed by atoms with E-state index in [2.05, 4.69) is 13.8 Å². The van der Waals surface area contributed by atoms with Gasteiger partial charge in [-0.05, 0) is 69.1 Å². The highest BCUT2D eigenvalue weighted by atomic mass is 16.5. The molecule has 0 N–H and O–H groups in total. The summed E-state index contributed by atoms with van der Waals surface area (Å²) in [5.74, 6) is 4.06. The van der Waals surface area contributed by atoms with Crippen LogP contribution in [0.15, 0.2) is 0 Å². The number of hydrogen-bond acceptors (Lipinski definition) is 1. The smallest absolute Gasteiger partial charge is 0.0494 e. The monoisotopic (exact) mass is 280 g/mol. The van der Waals surface area contributed by atoms with Gasteiger partial charge in [0.05, 0.1) is 0 Å². The van der Waals surface area contributed by atoms with Crippen molar-refractivity contribution < 1.29 is 4.74 Å². The molecule has 0 spiro atoms. The van der Waals surface area contributed by atoms with Gasteiger partial charge in [0.2, 0.25) is 0 Å². The largest absolute Gasteiger partial charge is 0.381 e. The van der Waals surface area contributed by atoms with E-state index >= 15 is 0 Å². The topological polar surface area (TPSA) is 9.23 Å². The second-order valence-corrected chi connectivity index (χ2v) is 7.36. The molecule has 0 radical (unpaired) electrons. The average molecular weight is 280 g/mol. The van der Waals surface area contributed by atoms with Crippen molar-refractivity contribution in [2.24, 2.45) is 23.7 Å². The minimum absolute atomic E-state index is 0.868. The minimum atomic E-state index is 0.868. The van der Waals surface area contributed by atoms with E-state index in [0.717, 1.165) is 36.9 Å². The van der Waals surface area contributed by atoms with Crippen LogP contribution in [0.5, 0.6) is 0 Å². The molecule has 2 fully saturated rings. The first-order valence-electron chi connectivity index (χ1n) is 9.41. The highest BCUT2D eigenvalue weighted by Crippen LogP contribution is 2.42. The van der Waals surface area contributed by atoms with Crippen molar-refractivity contribution in [3.63, 3.8) is 0 Å². The lowest BCUT2D eigenvalue weighted by Crippen LogP contribution is -2.27. The second kappa shape index (κ2) is 9.07. The molecular formula is C19H36O. The van der Waals surface area contributed by atoms with Crippen LogP contribution in [-0.2, 0) is 4.74 Å². The van der Waals surface area contributed by atoms with Crippen molar-refractivity contribution in [1.82, 2.24) is 0 Å². The lowest BCUT2D eigenvalue weighted by atomic mass is 9.69. The number of hydrogen-bond donors (Lipinski definition) is 0. The fraction of sp³-hybridized carbons (Fsp3) is 1.00. The van der Waals surface area contributed by atoms with E-state index in [1.165, 1.54) is 70.6 Å². The van der Waals surface area contributed by atoms with Crippen molar-refractivity contribution in [3.05, 3.63) is 0 Å². The molecule has 0 heterocycles. The molecule has 118 valence electrons. The Labute approximate surface area is 126 Å². The van der Waals surface area contributed by atoms with Gasteiger partial charge < -0.3 is 4.74 Å². The predicted octanol–water partition coefficient (Wildman–Crippen LogP) is 5.83. The van der Waals surface area contributed by atoms with Gasteiger partial charge in [0.25, 0.3) is 0 Å². The molecule has 0 unspecified atom stereocenters. The van der Waals surface area contributed by atoms with Gasteiger partial charge in [-0.25, -0.2) is 0 Å². The van der Waals surface area contributed by atoms with E-state index in [9.17, 15) is 0 Å². The third kappa shape index (κ3) is 5.06. The van der Waals surface area contributed by atoms with Crippen LogP contribution in [0.25, 0.3) is 0 Å². The van der Waals surface area contributed by atoms with Gasteiger partial charge in [-0.3, -0.25) is 0 Å². The zero-order valence-electron chi connectivity index (χ0n) is 13.9. The van der Waals surface area contributed by atoms with Crippen LogP contribution in [-0.4, -0.2) is 13.2 Å². The summed E-state index contributed by atoms with van der Waals surface area (Å²) in [5.41, 5.74) is 0. The lowest BCUT2D eigenvalue weighted by Gasteiger charge is -2.37. The first-order chi connectivity index (χ1) is 9.83. The maximum absolute atomic E-state index is 5.61. The van der Waals surface area contributed by atoms with Crippen molar-refractivity contribution >= 4 is 0 Å². The fourth-order valence-corrected chi connectivity index (χ4v) is 4.55. The zero-order valence-corrected chi connectivity index (χ0v) is 13.9. The number of ether oxygens (including phenoxy) is 1. The van der Waals surface area contributed by atoms with Crippen LogP contribution in [0, 0.1) is 23.7 Å². The van der Waals surface area contributed by atoms with Crippen LogP contribution >= 0.6 is 0 Å².